The molecule has 25 heavy (non-hydrogen) atoms. The molecule has 3 aliphatic rings. The molecule has 2 saturated heterocycles. The number of aromatic nitrogens is 1. The van der Waals surface area contributed by atoms with E-state index < -0.39 is 0 Å². The maximum absolute atomic E-state index is 12.6. The third kappa shape index (κ3) is 3.49. The topological polar surface area (TPSA) is 73.1 Å². The van der Waals surface area contributed by atoms with Crippen molar-refractivity contribution in [2.24, 2.45) is 0 Å². The highest BCUT2D eigenvalue weighted by Crippen LogP contribution is 2.39. The van der Waals surface area contributed by atoms with E-state index in [1.807, 2.05) is 9.80 Å². The third-order valence-corrected chi connectivity index (χ3v) is 5.35. The lowest BCUT2D eigenvalue weighted by Crippen LogP contribution is -2.57. The molecule has 0 spiro atoms. The Balaban J connectivity index is 1.30. The zero-order valence-corrected chi connectivity index (χ0v) is 14.7. The number of rotatable bonds is 2. The van der Waals surface area contributed by atoms with Crippen molar-refractivity contribution in [2.45, 2.75) is 18.8 Å². The summed E-state index contributed by atoms with van der Waals surface area (Å²) in [6.07, 6.45) is 2.26. The van der Waals surface area contributed by atoms with Crippen LogP contribution in [0.1, 0.15) is 35.0 Å². The summed E-state index contributed by atoms with van der Waals surface area (Å²) in [6, 6.07) is 1.87. The van der Waals surface area contributed by atoms with E-state index in [1.54, 1.807) is 11.0 Å². The molecule has 8 nitrogen and oxygen atoms in total. The Morgan fingerprint density at radius 2 is 1.52 bits per heavy atom. The number of hydrogen-bond donors (Lipinski definition) is 0. The van der Waals surface area contributed by atoms with Crippen LogP contribution in [-0.2, 0) is 0 Å². The number of piperazine rings is 2. The summed E-state index contributed by atoms with van der Waals surface area (Å²) in [7, 11) is 2.07. The average Bonchev–Trinajstić information content (AvgIpc) is 3.38. The number of carbonyl (C=O) groups excluding carboxylic acids is 2. The van der Waals surface area contributed by atoms with Crippen LogP contribution in [0.3, 0.4) is 0 Å². The zero-order chi connectivity index (χ0) is 17.4. The summed E-state index contributed by atoms with van der Waals surface area (Å²) < 4.78 is 5.23. The van der Waals surface area contributed by atoms with Crippen molar-refractivity contribution in [1.82, 2.24) is 24.8 Å². The van der Waals surface area contributed by atoms with Crippen LogP contribution in [0.4, 0.5) is 4.79 Å². The van der Waals surface area contributed by atoms with E-state index in [0.717, 1.165) is 44.7 Å². The molecule has 1 aromatic heterocycles. The van der Waals surface area contributed by atoms with E-state index in [1.165, 1.54) is 0 Å². The van der Waals surface area contributed by atoms with Crippen molar-refractivity contribution in [1.29, 1.82) is 0 Å². The average molecular weight is 347 g/mol. The number of hydrogen-bond acceptors (Lipinski definition) is 5. The van der Waals surface area contributed by atoms with Gasteiger partial charge in [-0.2, -0.15) is 0 Å². The smallest absolute Gasteiger partial charge is 0.320 e. The van der Waals surface area contributed by atoms with Gasteiger partial charge in [0.25, 0.3) is 5.91 Å². The Hall–Kier alpha value is -2.09. The Morgan fingerprint density at radius 1 is 0.960 bits per heavy atom. The quantitative estimate of drug-likeness (QED) is 0.786. The molecule has 2 aliphatic heterocycles. The van der Waals surface area contributed by atoms with Crippen LogP contribution in [0.2, 0.25) is 0 Å². The minimum absolute atomic E-state index is 0.0934. The first-order valence-electron chi connectivity index (χ1n) is 9.10. The zero-order valence-electron chi connectivity index (χ0n) is 14.7. The van der Waals surface area contributed by atoms with E-state index in [0.29, 0.717) is 37.9 Å². The molecule has 0 bridgehead atoms. The van der Waals surface area contributed by atoms with Crippen molar-refractivity contribution in [3.63, 3.8) is 0 Å². The van der Waals surface area contributed by atoms with Gasteiger partial charge in [0.2, 0.25) is 5.76 Å². The summed E-state index contributed by atoms with van der Waals surface area (Å²) in [5.74, 6) is 0.676. The Kier molecular flexibility index (Phi) is 4.37. The fourth-order valence-electron chi connectivity index (χ4n) is 3.42. The number of nitrogens with zero attached hydrogens (tertiary/aromatic N) is 5. The van der Waals surface area contributed by atoms with Gasteiger partial charge in [-0.25, -0.2) is 4.79 Å². The van der Waals surface area contributed by atoms with Gasteiger partial charge in [-0.05, 0) is 19.9 Å². The van der Waals surface area contributed by atoms with Gasteiger partial charge in [0.15, 0.2) is 0 Å². The van der Waals surface area contributed by atoms with Crippen LogP contribution in [0.5, 0.6) is 0 Å². The SMILES string of the molecule is CN1CCN(C(=O)N2CCN(C(=O)c3cc(C4CC4)no3)CC2)CC1. The van der Waals surface area contributed by atoms with Gasteiger partial charge in [0.1, 0.15) is 0 Å². The molecule has 0 aromatic carbocycles. The van der Waals surface area contributed by atoms with Crippen LogP contribution < -0.4 is 0 Å². The van der Waals surface area contributed by atoms with Crippen LogP contribution in [0.25, 0.3) is 0 Å². The van der Waals surface area contributed by atoms with E-state index in [9.17, 15) is 9.59 Å². The predicted molar refractivity (Wildman–Crippen MR) is 90.4 cm³/mol. The number of amides is 3. The number of urea groups is 1. The molecule has 4 rings (SSSR count). The standard InChI is InChI=1S/C17H25N5O3/c1-19-4-6-21(7-5-19)17(24)22-10-8-20(9-11-22)16(23)15-12-14(18-25-15)13-2-3-13/h12-13H,2-11H2,1H3. The molecule has 3 heterocycles. The Morgan fingerprint density at radius 3 is 2.12 bits per heavy atom. The first-order chi connectivity index (χ1) is 12.1. The Bertz CT molecular complexity index is 640. The number of likely N-dealkylation sites (N-methyl/N-ethyl adjacent to an activating group) is 1. The summed E-state index contributed by atoms with van der Waals surface area (Å²) >= 11 is 0. The molecule has 3 fully saturated rings. The molecule has 0 atom stereocenters. The molecule has 0 N–H and O–H groups in total. The van der Waals surface area contributed by atoms with Gasteiger partial charge in [0.05, 0.1) is 5.69 Å². The summed E-state index contributed by atoms with van der Waals surface area (Å²) in [4.78, 5) is 32.9. The van der Waals surface area contributed by atoms with Crippen LogP contribution in [0, 0.1) is 0 Å². The second kappa shape index (κ2) is 6.67. The highest BCUT2D eigenvalue weighted by atomic mass is 16.5. The first kappa shape index (κ1) is 16.4. The second-order valence-corrected chi connectivity index (χ2v) is 7.24. The van der Waals surface area contributed by atoms with Gasteiger partial charge >= 0.3 is 6.03 Å². The van der Waals surface area contributed by atoms with Crippen LogP contribution >= 0.6 is 0 Å². The normalized spacial score (nSPS) is 22.4. The molecule has 1 saturated carbocycles. The van der Waals surface area contributed by atoms with E-state index in [4.69, 9.17) is 4.52 Å². The van der Waals surface area contributed by atoms with Gasteiger partial charge in [-0.3, -0.25) is 4.79 Å². The fraction of sp³-hybridized carbons (Fsp3) is 0.706. The third-order valence-electron chi connectivity index (χ3n) is 5.35. The minimum atomic E-state index is -0.119. The fourth-order valence-corrected chi connectivity index (χ4v) is 3.42. The lowest BCUT2D eigenvalue weighted by atomic mass is 10.2. The Labute approximate surface area is 147 Å². The lowest BCUT2D eigenvalue weighted by Gasteiger charge is -2.39. The summed E-state index contributed by atoms with van der Waals surface area (Å²) in [6.45, 7) is 5.60. The highest BCUT2D eigenvalue weighted by molar-refractivity contribution is 5.91. The van der Waals surface area contributed by atoms with Crippen LogP contribution in [0.15, 0.2) is 10.6 Å². The van der Waals surface area contributed by atoms with Crippen molar-refractivity contribution >= 4 is 11.9 Å². The van der Waals surface area contributed by atoms with Gasteiger partial charge in [-0.15, -0.1) is 0 Å². The van der Waals surface area contributed by atoms with Gasteiger partial charge in [-0.1, -0.05) is 5.16 Å². The molecule has 0 unspecified atom stereocenters. The molecule has 1 aliphatic carbocycles. The lowest BCUT2D eigenvalue weighted by molar-refractivity contribution is 0.0583. The van der Waals surface area contributed by atoms with Gasteiger partial charge < -0.3 is 24.1 Å². The van der Waals surface area contributed by atoms with E-state index in [2.05, 4.69) is 17.1 Å². The first-order valence-corrected chi connectivity index (χ1v) is 9.10. The highest BCUT2D eigenvalue weighted by Gasteiger charge is 2.32. The van der Waals surface area contributed by atoms with Crippen molar-refractivity contribution < 1.29 is 14.1 Å². The monoisotopic (exact) mass is 347 g/mol. The maximum atomic E-state index is 12.6. The molecular weight excluding hydrogens is 322 g/mol. The molecule has 3 amide bonds. The minimum Gasteiger partial charge on any atom is -0.351 e. The van der Waals surface area contributed by atoms with Crippen molar-refractivity contribution in [3.05, 3.63) is 17.5 Å². The van der Waals surface area contributed by atoms with Crippen molar-refractivity contribution in [3.8, 4) is 0 Å². The molecule has 1 aromatic rings. The summed E-state index contributed by atoms with van der Waals surface area (Å²) in [5, 5.41) is 4.01. The predicted octanol–water partition coefficient (Wildman–Crippen LogP) is 0.677. The largest absolute Gasteiger partial charge is 0.351 e. The number of carbonyl (C=O) groups is 2. The molecule has 8 heteroatoms. The maximum Gasteiger partial charge on any atom is 0.320 e. The van der Waals surface area contributed by atoms with E-state index >= 15 is 0 Å². The van der Waals surface area contributed by atoms with E-state index in [-0.39, 0.29) is 11.9 Å². The molecule has 136 valence electrons. The van der Waals surface area contributed by atoms with Crippen molar-refractivity contribution in [2.75, 3.05) is 59.4 Å². The summed E-state index contributed by atoms with van der Waals surface area (Å²) in [5.41, 5.74) is 0.896. The second-order valence-electron chi connectivity index (χ2n) is 7.24. The molecular formula is C17H25N5O3. The van der Waals surface area contributed by atoms with Gasteiger partial charge in [0, 0.05) is 64.3 Å². The van der Waals surface area contributed by atoms with Crippen LogP contribution in [-0.4, -0.2) is 96.1 Å². The molecule has 0 radical (unpaired) electrons.